The van der Waals surface area contributed by atoms with Crippen molar-refractivity contribution in [2.75, 3.05) is 24.2 Å². The lowest BCUT2D eigenvalue weighted by molar-refractivity contribution is 0.415. The number of nitrogens with zero attached hydrogens (tertiary/aromatic N) is 1. The summed E-state index contributed by atoms with van der Waals surface area (Å²) in [7, 11) is -0.545. The van der Waals surface area contributed by atoms with Crippen LogP contribution in [-0.4, -0.2) is 22.6 Å². The van der Waals surface area contributed by atoms with Crippen molar-refractivity contribution in [2.45, 2.75) is 4.21 Å². The summed E-state index contributed by atoms with van der Waals surface area (Å²) in [5, 5.41) is 1.60. The number of hydrogen-bond donors (Lipinski definition) is 1. The monoisotopic (exact) mass is 298 g/mol. The summed E-state index contributed by atoms with van der Waals surface area (Å²) >= 11 is 1.10. The van der Waals surface area contributed by atoms with Gasteiger partial charge in [-0.05, 0) is 18.2 Å². The zero-order valence-corrected chi connectivity index (χ0v) is 12.2. The lowest BCUT2D eigenvalue weighted by atomic mass is 10.3. The van der Waals surface area contributed by atoms with E-state index in [-0.39, 0.29) is 4.21 Å². The molecule has 2 aromatic rings. The second-order valence-corrected chi connectivity index (χ2v) is 6.98. The van der Waals surface area contributed by atoms with Crippen LogP contribution >= 0.6 is 11.3 Å². The van der Waals surface area contributed by atoms with Crippen molar-refractivity contribution in [3.8, 4) is 5.75 Å². The van der Waals surface area contributed by atoms with E-state index in [0.29, 0.717) is 17.1 Å². The van der Waals surface area contributed by atoms with Gasteiger partial charge < -0.3 is 10.5 Å². The van der Waals surface area contributed by atoms with Crippen molar-refractivity contribution in [3.05, 3.63) is 35.7 Å². The van der Waals surface area contributed by atoms with Crippen LogP contribution in [0.1, 0.15) is 0 Å². The van der Waals surface area contributed by atoms with Crippen LogP contribution in [0.15, 0.2) is 39.9 Å². The molecule has 0 atom stereocenters. The number of sulfonamides is 1. The number of methoxy groups -OCH3 is 1. The van der Waals surface area contributed by atoms with Crippen molar-refractivity contribution in [2.24, 2.45) is 0 Å². The number of ether oxygens (including phenoxy) is 1. The fourth-order valence-corrected chi connectivity index (χ4v) is 3.98. The molecule has 0 saturated carbocycles. The van der Waals surface area contributed by atoms with Crippen LogP contribution in [0.2, 0.25) is 0 Å². The van der Waals surface area contributed by atoms with E-state index in [2.05, 4.69) is 0 Å². The first-order chi connectivity index (χ1) is 8.95. The summed E-state index contributed by atoms with van der Waals surface area (Å²) in [5.74, 6) is 0.602. The number of hydrogen-bond acceptors (Lipinski definition) is 5. The Morgan fingerprint density at radius 3 is 2.63 bits per heavy atom. The molecule has 0 aliphatic rings. The van der Waals surface area contributed by atoms with E-state index in [0.717, 1.165) is 11.3 Å². The van der Waals surface area contributed by atoms with Crippen LogP contribution in [0, 0.1) is 0 Å². The highest BCUT2D eigenvalue weighted by Crippen LogP contribution is 2.29. The molecule has 102 valence electrons. The fourth-order valence-electron chi connectivity index (χ4n) is 1.55. The molecular formula is C12H14N2O3S2. The molecule has 7 heteroatoms. The lowest BCUT2D eigenvalue weighted by Crippen LogP contribution is -2.25. The Morgan fingerprint density at radius 1 is 1.32 bits per heavy atom. The molecule has 1 heterocycles. The van der Waals surface area contributed by atoms with Crippen molar-refractivity contribution >= 4 is 32.7 Å². The second kappa shape index (κ2) is 5.10. The van der Waals surface area contributed by atoms with Crippen LogP contribution < -0.4 is 14.8 Å². The van der Waals surface area contributed by atoms with E-state index >= 15 is 0 Å². The van der Waals surface area contributed by atoms with E-state index in [1.54, 1.807) is 29.6 Å². The molecule has 2 rings (SSSR count). The molecule has 2 N–H and O–H groups in total. The smallest absolute Gasteiger partial charge is 0.273 e. The molecule has 1 aromatic carbocycles. The summed E-state index contributed by atoms with van der Waals surface area (Å²) in [4.78, 5) is 0. The van der Waals surface area contributed by atoms with Crippen molar-refractivity contribution < 1.29 is 13.2 Å². The van der Waals surface area contributed by atoms with Crippen LogP contribution in [0.5, 0.6) is 5.75 Å². The third-order valence-corrected chi connectivity index (χ3v) is 5.85. The van der Waals surface area contributed by atoms with Gasteiger partial charge in [0.15, 0.2) is 0 Å². The summed E-state index contributed by atoms with van der Waals surface area (Å²) in [6, 6.07) is 8.32. The third kappa shape index (κ3) is 2.66. The van der Waals surface area contributed by atoms with Gasteiger partial charge in [0.05, 0.1) is 12.8 Å². The van der Waals surface area contributed by atoms with Crippen LogP contribution in [0.25, 0.3) is 0 Å². The highest BCUT2D eigenvalue weighted by atomic mass is 32.2. The van der Waals surface area contributed by atoms with Crippen molar-refractivity contribution in [1.29, 1.82) is 0 Å². The quantitative estimate of drug-likeness (QED) is 0.939. The Balaban J connectivity index is 2.40. The number of benzene rings is 1. The number of nitrogen functional groups attached to an aromatic ring is 1. The highest BCUT2D eigenvalue weighted by Gasteiger charge is 2.23. The molecule has 1 aromatic heterocycles. The number of rotatable bonds is 4. The molecule has 0 spiro atoms. The first-order valence-corrected chi connectivity index (χ1v) is 7.74. The summed E-state index contributed by atoms with van der Waals surface area (Å²) in [5.41, 5.74) is 6.55. The van der Waals surface area contributed by atoms with E-state index in [4.69, 9.17) is 10.5 Å². The van der Waals surface area contributed by atoms with Crippen molar-refractivity contribution in [1.82, 2.24) is 0 Å². The first kappa shape index (κ1) is 13.7. The van der Waals surface area contributed by atoms with Crippen LogP contribution in [0.4, 0.5) is 11.4 Å². The number of nitrogens with two attached hydrogens (primary N) is 1. The van der Waals surface area contributed by atoms with Gasteiger partial charge in [-0.2, -0.15) is 0 Å². The van der Waals surface area contributed by atoms with Crippen molar-refractivity contribution in [3.63, 3.8) is 0 Å². The maximum Gasteiger partial charge on any atom is 0.273 e. The molecule has 0 fully saturated rings. The Labute approximate surface area is 116 Å². The first-order valence-electron chi connectivity index (χ1n) is 5.42. The topological polar surface area (TPSA) is 72.6 Å². The number of thiophene rings is 1. The molecule has 19 heavy (non-hydrogen) atoms. The largest absolute Gasteiger partial charge is 0.497 e. The SMILES string of the molecule is COc1cccc(N(C)S(=O)(=O)c2cc(N)cs2)c1. The predicted octanol–water partition coefficient (Wildman–Crippen LogP) is 2.16. The molecule has 0 bridgehead atoms. The average Bonchev–Trinajstić information content (AvgIpc) is 2.85. The minimum Gasteiger partial charge on any atom is -0.497 e. The van der Waals surface area contributed by atoms with Gasteiger partial charge in [0, 0.05) is 24.2 Å². The molecule has 0 aliphatic heterocycles. The predicted molar refractivity (Wildman–Crippen MR) is 77.3 cm³/mol. The van der Waals surface area contributed by atoms with Gasteiger partial charge in [-0.1, -0.05) is 6.07 Å². The van der Waals surface area contributed by atoms with Crippen LogP contribution in [-0.2, 0) is 10.0 Å². The summed E-state index contributed by atoms with van der Waals surface area (Å²) in [6.45, 7) is 0. The zero-order chi connectivity index (χ0) is 14.0. The molecule has 0 saturated heterocycles. The summed E-state index contributed by atoms with van der Waals surface area (Å²) in [6.07, 6.45) is 0. The maximum atomic E-state index is 12.4. The molecular weight excluding hydrogens is 284 g/mol. The fraction of sp³-hybridized carbons (Fsp3) is 0.167. The van der Waals surface area contributed by atoms with E-state index in [1.165, 1.54) is 24.5 Å². The van der Waals surface area contributed by atoms with E-state index < -0.39 is 10.0 Å². The Morgan fingerprint density at radius 2 is 2.05 bits per heavy atom. The van der Waals surface area contributed by atoms with Gasteiger partial charge in [0.2, 0.25) is 0 Å². The third-order valence-electron chi connectivity index (χ3n) is 2.63. The Bertz CT molecular complexity index is 680. The van der Waals surface area contributed by atoms with Gasteiger partial charge in [-0.25, -0.2) is 8.42 Å². The standard InChI is InChI=1S/C12H14N2O3S2/c1-14(10-4-3-5-11(7-10)17-2)19(15,16)12-6-9(13)8-18-12/h3-8H,13H2,1-2H3. The molecule has 5 nitrogen and oxygen atoms in total. The van der Waals surface area contributed by atoms with E-state index in [1.807, 2.05) is 0 Å². The number of anilines is 2. The molecule has 0 radical (unpaired) electrons. The molecule has 0 aliphatic carbocycles. The molecule has 0 unspecified atom stereocenters. The second-order valence-electron chi connectivity index (χ2n) is 3.87. The average molecular weight is 298 g/mol. The van der Waals surface area contributed by atoms with Gasteiger partial charge in [-0.3, -0.25) is 4.31 Å². The normalized spacial score (nSPS) is 11.3. The Kier molecular flexibility index (Phi) is 3.68. The van der Waals surface area contributed by atoms with Crippen LogP contribution in [0.3, 0.4) is 0 Å². The minimum atomic E-state index is -3.58. The summed E-state index contributed by atoms with van der Waals surface area (Å²) < 4.78 is 31.3. The molecule has 0 amide bonds. The van der Waals surface area contributed by atoms with Gasteiger partial charge >= 0.3 is 0 Å². The van der Waals surface area contributed by atoms with E-state index in [9.17, 15) is 8.42 Å². The highest BCUT2D eigenvalue weighted by molar-refractivity contribution is 7.94. The zero-order valence-electron chi connectivity index (χ0n) is 10.5. The lowest BCUT2D eigenvalue weighted by Gasteiger charge is -2.18. The maximum absolute atomic E-state index is 12.4. The minimum absolute atomic E-state index is 0.218. The van der Waals surface area contributed by atoms with Gasteiger partial charge in [0.25, 0.3) is 10.0 Å². The van der Waals surface area contributed by atoms with Gasteiger partial charge in [-0.15, -0.1) is 11.3 Å². The van der Waals surface area contributed by atoms with Gasteiger partial charge in [0.1, 0.15) is 9.96 Å². The Hall–Kier alpha value is -1.73.